The zero-order chi connectivity index (χ0) is 15.6. The van der Waals surface area contributed by atoms with E-state index >= 15 is 0 Å². The molecule has 5 nitrogen and oxygen atoms in total. The van der Waals surface area contributed by atoms with Crippen molar-refractivity contribution in [2.45, 2.75) is 19.3 Å². The highest BCUT2D eigenvalue weighted by molar-refractivity contribution is 5.95. The quantitative estimate of drug-likeness (QED) is 0.800. The van der Waals surface area contributed by atoms with Gasteiger partial charge in [0.1, 0.15) is 5.75 Å². The maximum atomic E-state index is 12.1. The molecule has 5 heteroatoms. The third-order valence-corrected chi connectivity index (χ3v) is 3.90. The van der Waals surface area contributed by atoms with Gasteiger partial charge in [-0.15, -0.1) is 0 Å². The van der Waals surface area contributed by atoms with Gasteiger partial charge in [0.2, 0.25) is 5.91 Å². The average molecular weight is 289 g/mol. The van der Waals surface area contributed by atoms with E-state index in [0.29, 0.717) is 17.0 Å². The molecule has 0 saturated heterocycles. The van der Waals surface area contributed by atoms with Gasteiger partial charge < -0.3 is 14.4 Å². The molecule has 112 valence electrons. The molecule has 21 heavy (non-hydrogen) atoms. The van der Waals surface area contributed by atoms with E-state index in [4.69, 9.17) is 9.47 Å². The first-order chi connectivity index (χ1) is 9.99. The lowest BCUT2D eigenvalue weighted by atomic mass is 9.84. The number of nitrogens with zero attached hydrogens (tertiary/aromatic N) is 1. The van der Waals surface area contributed by atoms with E-state index in [-0.39, 0.29) is 18.2 Å². The molecule has 1 aliphatic rings. The lowest BCUT2D eigenvalue weighted by Gasteiger charge is -2.31. The summed E-state index contributed by atoms with van der Waals surface area (Å²) >= 11 is 0. The predicted molar refractivity (Wildman–Crippen MR) is 77.8 cm³/mol. The maximum Gasteiger partial charge on any atom is 0.336 e. The summed E-state index contributed by atoms with van der Waals surface area (Å²) in [4.78, 5) is 25.7. The molecule has 1 amide bonds. The third-order valence-electron chi connectivity index (χ3n) is 3.90. The van der Waals surface area contributed by atoms with Gasteiger partial charge in [-0.25, -0.2) is 4.79 Å². The van der Waals surface area contributed by atoms with Crippen molar-refractivity contribution >= 4 is 11.9 Å². The number of hydrogen-bond acceptors (Lipinski definition) is 4. The van der Waals surface area contributed by atoms with Crippen LogP contribution in [0.15, 0.2) is 35.5 Å². The van der Waals surface area contributed by atoms with E-state index < -0.39 is 5.97 Å². The summed E-state index contributed by atoms with van der Waals surface area (Å²) in [5.74, 6) is -0.0374. The Balaban J connectivity index is 2.53. The van der Waals surface area contributed by atoms with Crippen LogP contribution in [0.1, 0.15) is 24.8 Å². The molecule has 2 rings (SSSR count). The number of esters is 1. The second-order valence-electron chi connectivity index (χ2n) is 4.98. The Bertz CT molecular complexity index is 606. The van der Waals surface area contributed by atoms with Crippen LogP contribution in [0, 0.1) is 0 Å². The number of benzene rings is 1. The van der Waals surface area contributed by atoms with Crippen molar-refractivity contribution in [1.29, 1.82) is 0 Å². The average Bonchev–Trinajstić information content (AvgIpc) is 2.51. The molecule has 1 heterocycles. The van der Waals surface area contributed by atoms with Gasteiger partial charge in [-0.1, -0.05) is 12.1 Å². The Morgan fingerprint density at radius 2 is 2.05 bits per heavy atom. The Morgan fingerprint density at radius 1 is 1.33 bits per heavy atom. The highest BCUT2D eigenvalue weighted by Gasteiger charge is 2.35. The van der Waals surface area contributed by atoms with E-state index in [2.05, 4.69) is 0 Å². The fourth-order valence-electron chi connectivity index (χ4n) is 2.58. The Hall–Kier alpha value is -2.30. The van der Waals surface area contributed by atoms with Crippen LogP contribution >= 0.6 is 0 Å². The summed E-state index contributed by atoms with van der Waals surface area (Å²) in [6, 6.07) is 7.41. The zero-order valence-electron chi connectivity index (χ0n) is 12.7. The monoisotopic (exact) mass is 289 g/mol. The summed E-state index contributed by atoms with van der Waals surface area (Å²) in [6.07, 6.45) is 0.242. The molecule has 1 unspecified atom stereocenters. The molecule has 0 aliphatic carbocycles. The van der Waals surface area contributed by atoms with Crippen LogP contribution in [0.5, 0.6) is 5.75 Å². The largest absolute Gasteiger partial charge is 0.497 e. The molecule has 0 N–H and O–H groups in total. The van der Waals surface area contributed by atoms with E-state index in [1.54, 1.807) is 21.1 Å². The van der Waals surface area contributed by atoms with Crippen molar-refractivity contribution in [2.24, 2.45) is 0 Å². The van der Waals surface area contributed by atoms with E-state index in [0.717, 1.165) is 5.56 Å². The van der Waals surface area contributed by atoms with Crippen LogP contribution in [0.3, 0.4) is 0 Å². The number of ether oxygens (including phenoxy) is 2. The van der Waals surface area contributed by atoms with Crippen LogP contribution in [-0.2, 0) is 14.3 Å². The molecular formula is C16H19NO4. The van der Waals surface area contributed by atoms with Crippen LogP contribution < -0.4 is 4.74 Å². The number of hydrogen-bond donors (Lipinski definition) is 0. The predicted octanol–water partition coefficient (Wildman–Crippen LogP) is 2.09. The standard InChI is InChI=1S/C16H19NO4/c1-10-15(16(19)21-4)13(9-14(18)17(10)2)11-6-5-7-12(8-11)20-3/h5-8,13H,9H2,1-4H3. The molecule has 0 saturated carbocycles. The number of allylic oxidation sites excluding steroid dienone is 1. The molecule has 0 aromatic heterocycles. The SMILES string of the molecule is COC(=O)C1=C(C)N(C)C(=O)CC1c1cccc(OC)c1. The van der Waals surface area contributed by atoms with Gasteiger partial charge in [0.15, 0.2) is 0 Å². The molecule has 0 radical (unpaired) electrons. The fourth-order valence-corrected chi connectivity index (χ4v) is 2.58. The first kappa shape index (κ1) is 15.1. The summed E-state index contributed by atoms with van der Waals surface area (Å²) in [6.45, 7) is 1.76. The van der Waals surface area contributed by atoms with Crippen LogP contribution in [-0.4, -0.2) is 38.0 Å². The van der Waals surface area contributed by atoms with Gasteiger partial charge in [-0.05, 0) is 24.6 Å². The van der Waals surface area contributed by atoms with Crippen molar-refractivity contribution in [2.75, 3.05) is 21.3 Å². The molecule has 1 aliphatic heterocycles. The third kappa shape index (κ3) is 2.77. The lowest BCUT2D eigenvalue weighted by Crippen LogP contribution is -2.35. The van der Waals surface area contributed by atoms with E-state index in [1.807, 2.05) is 24.3 Å². The van der Waals surface area contributed by atoms with Gasteiger partial charge in [-0.3, -0.25) is 4.79 Å². The van der Waals surface area contributed by atoms with Gasteiger partial charge >= 0.3 is 5.97 Å². The number of amides is 1. The molecule has 0 fully saturated rings. The van der Waals surface area contributed by atoms with Gasteiger partial charge in [0, 0.05) is 25.1 Å². The topological polar surface area (TPSA) is 55.8 Å². The molecule has 1 aromatic carbocycles. The number of carbonyl (C=O) groups excluding carboxylic acids is 2. The number of methoxy groups -OCH3 is 2. The first-order valence-corrected chi connectivity index (χ1v) is 6.69. The summed E-state index contributed by atoms with van der Waals surface area (Å²) in [5, 5.41) is 0. The highest BCUT2D eigenvalue weighted by atomic mass is 16.5. The normalized spacial score (nSPS) is 18.8. The minimum atomic E-state index is -0.403. The van der Waals surface area contributed by atoms with Crippen molar-refractivity contribution < 1.29 is 19.1 Å². The summed E-state index contributed by atoms with van der Waals surface area (Å²) in [7, 11) is 4.60. The molecular weight excluding hydrogens is 270 g/mol. The minimum Gasteiger partial charge on any atom is -0.497 e. The van der Waals surface area contributed by atoms with Gasteiger partial charge in [0.25, 0.3) is 0 Å². The zero-order valence-corrected chi connectivity index (χ0v) is 12.7. The molecule has 1 atom stereocenters. The fraction of sp³-hybridized carbons (Fsp3) is 0.375. The van der Waals surface area contributed by atoms with Crippen molar-refractivity contribution in [3.63, 3.8) is 0 Å². The lowest BCUT2D eigenvalue weighted by molar-refractivity contribution is -0.137. The van der Waals surface area contributed by atoms with E-state index in [9.17, 15) is 9.59 Å². The molecule has 1 aromatic rings. The Kier molecular flexibility index (Phi) is 4.31. The van der Waals surface area contributed by atoms with Crippen LogP contribution in [0.2, 0.25) is 0 Å². The Labute approximate surface area is 124 Å². The molecule has 0 spiro atoms. The van der Waals surface area contributed by atoms with E-state index in [1.165, 1.54) is 12.0 Å². The van der Waals surface area contributed by atoms with Crippen molar-refractivity contribution in [3.8, 4) is 5.75 Å². The highest BCUT2D eigenvalue weighted by Crippen LogP contribution is 2.37. The molecule has 0 bridgehead atoms. The summed E-state index contributed by atoms with van der Waals surface area (Å²) in [5.41, 5.74) is 2.02. The smallest absolute Gasteiger partial charge is 0.336 e. The number of carbonyl (C=O) groups is 2. The minimum absolute atomic E-state index is 0.0204. The van der Waals surface area contributed by atoms with Crippen LogP contribution in [0.25, 0.3) is 0 Å². The van der Waals surface area contributed by atoms with Crippen LogP contribution in [0.4, 0.5) is 0 Å². The maximum absolute atomic E-state index is 12.1. The van der Waals surface area contributed by atoms with Crippen molar-refractivity contribution in [3.05, 3.63) is 41.1 Å². The summed E-state index contributed by atoms with van der Waals surface area (Å²) < 4.78 is 10.1. The second kappa shape index (κ2) is 5.99. The Morgan fingerprint density at radius 3 is 2.67 bits per heavy atom. The van der Waals surface area contributed by atoms with Crippen molar-refractivity contribution in [1.82, 2.24) is 4.90 Å². The second-order valence-corrected chi connectivity index (χ2v) is 4.98. The van der Waals surface area contributed by atoms with Gasteiger partial charge in [0.05, 0.1) is 19.8 Å². The first-order valence-electron chi connectivity index (χ1n) is 6.69. The van der Waals surface area contributed by atoms with Gasteiger partial charge in [-0.2, -0.15) is 0 Å². The number of rotatable bonds is 3.